The second kappa shape index (κ2) is 6.65. The standard InChI is InChI=1S/C14H16N4O3/c1-3-5-13-16-14(21-17-13)10-6-7-11(15-8-4-2)12(9-10)18(19)20/h4,6-7,9,15H,2-3,5,8H2,1H3. The number of nitro groups is 1. The average molecular weight is 288 g/mol. The number of aryl methyl sites for hydroxylation is 1. The molecule has 0 spiro atoms. The number of hydrogen-bond donors (Lipinski definition) is 1. The van der Waals surface area contributed by atoms with Gasteiger partial charge in [-0.15, -0.1) is 6.58 Å². The maximum atomic E-state index is 11.1. The third-order valence-electron chi connectivity index (χ3n) is 2.82. The molecule has 0 atom stereocenters. The van der Waals surface area contributed by atoms with Crippen molar-refractivity contribution in [3.63, 3.8) is 0 Å². The molecule has 0 bridgehead atoms. The number of nitro benzene ring substituents is 1. The van der Waals surface area contributed by atoms with Gasteiger partial charge < -0.3 is 9.84 Å². The van der Waals surface area contributed by atoms with Crippen LogP contribution in [0.5, 0.6) is 0 Å². The van der Waals surface area contributed by atoms with Gasteiger partial charge in [0, 0.05) is 24.6 Å². The van der Waals surface area contributed by atoms with Gasteiger partial charge in [-0.1, -0.05) is 18.2 Å². The third-order valence-corrected chi connectivity index (χ3v) is 2.82. The van der Waals surface area contributed by atoms with E-state index in [1.807, 2.05) is 6.92 Å². The molecule has 110 valence electrons. The summed E-state index contributed by atoms with van der Waals surface area (Å²) < 4.78 is 5.14. The summed E-state index contributed by atoms with van der Waals surface area (Å²) in [6.45, 7) is 6.03. The molecule has 1 heterocycles. The topological polar surface area (TPSA) is 94.1 Å². The number of aromatic nitrogens is 2. The Balaban J connectivity index is 2.33. The number of benzene rings is 1. The van der Waals surface area contributed by atoms with Gasteiger partial charge in [-0.2, -0.15) is 4.98 Å². The van der Waals surface area contributed by atoms with Gasteiger partial charge in [0.15, 0.2) is 5.82 Å². The van der Waals surface area contributed by atoms with Gasteiger partial charge in [0.1, 0.15) is 5.69 Å². The molecule has 2 rings (SSSR count). The van der Waals surface area contributed by atoms with Gasteiger partial charge in [0.25, 0.3) is 11.6 Å². The minimum absolute atomic E-state index is 0.0374. The van der Waals surface area contributed by atoms with Crippen LogP contribution in [0.3, 0.4) is 0 Å². The Morgan fingerprint density at radius 3 is 3.00 bits per heavy atom. The molecule has 0 unspecified atom stereocenters. The lowest BCUT2D eigenvalue weighted by Crippen LogP contribution is -2.02. The average Bonchev–Trinajstić information content (AvgIpc) is 2.94. The van der Waals surface area contributed by atoms with Crippen LogP contribution in [0, 0.1) is 10.1 Å². The van der Waals surface area contributed by atoms with Crippen molar-refractivity contribution in [3.8, 4) is 11.5 Å². The Morgan fingerprint density at radius 2 is 2.33 bits per heavy atom. The highest BCUT2D eigenvalue weighted by Gasteiger charge is 2.17. The van der Waals surface area contributed by atoms with E-state index >= 15 is 0 Å². The molecule has 0 saturated carbocycles. The molecule has 1 aromatic carbocycles. The lowest BCUT2D eigenvalue weighted by Gasteiger charge is -2.05. The van der Waals surface area contributed by atoms with Crippen LogP contribution in [-0.2, 0) is 6.42 Å². The molecule has 0 aliphatic rings. The van der Waals surface area contributed by atoms with Crippen LogP contribution in [-0.4, -0.2) is 21.6 Å². The summed E-state index contributed by atoms with van der Waals surface area (Å²) in [6.07, 6.45) is 3.25. The number of anilines is 1. The first-order valence-corrected chi connectivity index (χ1v) is 6.62. The monoisotopic (exact) mass is 288 g/mol. The minimum atomic E-state index is -0.446. The van der Waals surface area contributed by atoms with Crippen molar-refractivity contribution in [2.45, 2.75) is 19.8 Å². The van der Waals surface area contributed by atoms with E-state index in [1.165, 1.54) is 6.07 Å². The first-order chi connectivity index (χ1) is 10.2. The quantitative estimate of drug-likeness (QED) is 0.477. The number of hydrogen-bond acceptors (Lipinski definition) is 6. The molecule has 7 heteroatoms. The van der Waals surface area contributed by atoms with Crippen LogP contribution in [0.1, 0.15) is 19.2 Å². The maximum Gasteiger partial charge on any atom is 0.293 e. The summed E-state index contributed by atoms with van der Waals surface area (Å²) in [5, 5.41) is 17.9. The summed E-state index contributed by atoms with van der Waals surface area (Å²) in [4.78, 5) is 14.9. The third kappa shape index (κ3) is 3.44. The highest BCUT2D eigenvalue weighted by molar-refractivity contribution is 5.69. The Bertz CT molecular complexity index is 651. The van der Waals surface area contributed by atoms with Crippen LogP contribution in [0.25, 0.3) is 11.5 Å². The molecule has 2 aromatic rings. The molecule has 0 amide bonds. The smallest absolute Gasteiger partial charge is 0.293 e. The van der Waals surface area contributed by atoms with Crippen molar-refractivity contribution >= 4 is 11.4 Å². The van der Waals surface area contributed by atoms with Gasteiger partial charge in [-0.3, -0.25) is 10.1 Å². The number of nitrogens with one attached hydrogen (secondary N) is 1. The number of nitrogens with zero attached hydrogens (tertiary/aromatic N) is 3. The van der Waals surface area contributed by atoms with Gasteiger partial charge in [0.2, 0.25) is 0 Å². The highest BCUT2D eigenvalue weighted by Crippen LogP contribution is 2.30. The molecule has 1 N–H and O–H groups in total. The summed E-state index contributed by atoms with van der Waals surface area (Å²) in [7, 11) is 0. The van der Waals surface area contributed by atoms with Crippen LogP contribution >= 0.6 is 0 Å². The Morgan fingerprint density at radius 1 is 1.52 bits per heavy atom. The summed E-state index contributed by atoms with van der Waals surface area (Å²) in [5.41, 5.74) is 0.919. The summed E-state index contributed by atoms with van der Waals surface area (Å²) >= 11 is 0. The fourth-order valence-electron chi connectivity index (χ4n) is 1.84. The molecule has 21 heavy (non-hydrogen) atoms. The molecule has 1 aromatic heterocycles. The zero-order valence-corrected chi connectivity index (χ0v) is 11.7. The second-order valence-electron chi connectivity index (χ2n) is 4.42. The van der Waals surface area contributed by atoms with Crippen molar-refractivity contribution in [1.29, 1.82) is 0 Å². The predicted octanol–water partition coefficient (Wildman–Crippen LogP) is 3.20. The van der Waals surface area contributed by atoms with E-state index < -0.39 is 4.92 Å². The van der Waals surface area contributed by atoms with Crippen LogP contribution < -0.4 is 5.32 Å². The Labute approximate surface area is 121 Å². The van der Waals surface area contributed by atoms with Gasteiger partial charge in [-0.25, -0.2) is 0 Å². The Hall–Kier alpha value is -2.70. The first-order valence-electron chi connectivity index (χ1n) is 6.62. The molecule has 7 nitrogen and oxygen atoms in total. The molecular formula is C14H16N4O3. The van der Waals surface area contributed by atoms with E-state index in [0.717, 1.165) is 6.42 Å². The zero-order valence-electron chi connectivity index (χ0n) is 11.7. The molecule has 0 aliphatic heterocycles. The fraction of sp³-hybridized carbons (Fsp3) is 0.286. The zero-order chi connectivity index (χ0) is 15.2. The lowest BCUT2D eigenvalue weighted by atomic mass is 10.1. The van der Waals surface area contributed by atoms with Gasteiger partial charge in [-0.05, 0) is 18.6 Å². The fourth-order valence-corrected chi connectivity index (χ4v) is 1.84. The normalized spacial score (nSPS) is 10.3. The van der Waals surface area contributed by atoms with Gasteiger partial charge >= 0.3 is 0 Å². The SMILES string of the molecule is C=CCNc1ccc(-c2nc(CCC)no2)cc1[N+](=O)[O-]. The predicted molar refractivity (Wildman–Crippen MR) is 79.1 cm³/mol. The van der Waals surface area contributed by atoms with E-state index in [1.54, 1.807) is 18.2 Å². The molecule has 0 fully saturated rings. The van der Waals surface area contributed by atoms with E-state index in [4.69, 9.17) is 4.52 Å². The second-order valence-corrected chi connectivity index (χ2v) is 4.42. The van der Waals surface area contributed by atoms with Crippen molar-refractivity contribution in [3.05, 3.63) is 46.8 Å². The number of rotatable bonds is 7. The van der Waals surface area contributed by atoms with Crippen molar-refractivity contribution in [2.75, 3.05) is 11.9 Å². The van der Waals surface area contributed by atoms with Crippen molar-refractivity contribution < 1.29 is 9.45 Å². The van der Waals surface area contributed by atoms with Crippen molar-refractivity contribution in [2.24, 2.45) is 0 Å². The minimum Gasteiger partial charge on any atom is -0.376 e. The van der Waals surface area contributed by atoms with Crippen LogP contribution in [0.2, 0.25) is 0 Å². The highest BCUT2D eigenvalue weighted by atomic mass is 16.6. The summed E-state index contributed by atoms with van der Waals surface area (Å²) in [5.74, 6) is 0.890. The van der Waals surface area contributed by atoms with Crippen LogP contribution in [0.4, 0.5) is 11.4 Å². The molecule has 0 radical (unpaired) electrons. The summed E-state index contributed by atoms with van der Waals surface area (Å²) in [6, 6.07) is 4.76. The first kappa shape index (κ1) is 14.7. The van der Waals surface area contributed by atoms with Gasteiger partial charge in [0.05, 0.1) is 4.92 Å². The lowest BCUT2D eigenvalue weighted by molar-refractivity contribution is -0.383. The van der Waals surface area contributed by atoms with E-state index in [0.29, 0.717) is 30.0 Å². The maximum absolute atomic E-state index is 11.1. The van der Waals surface area contributed by atoms with E-state index in [2.05, 4.69) is 22.0 Å². The molecule has 0 aliphatic carbocycles. The van der Waals surface area contributed by atoms with E-state index in [-0.39, 0.29) is 11.6 Å². The largest absolute Gasteiger partial charge is 0.376 e. The van der Waals surface area contributed by atoms with E-state index in [9.17, 15) is 10.1 Å². The van der Waals surface area contributed by atoms with Crippen molar-refractivity contribution in [1.82, 2.24) is 10.1 Å². The Kier molecular flexibility index (Phi) is 4.65. The van der Waals surface area contributed by atoms with Crippen LogP contribution in [0.15, 0.2) is 35.4 Å². The molecular weight excluding hydrogens is 272 g/mol. The molecule has 0 saturated heterocycles.